The van der Waals surface area contributed by atoms with Gasteiger partial charge >= 0.3 is 5.97 Å². The summed E-state index contributed by atoms with van der Waals surface area (Å²) in [6.07, 6.45) is 2.92. The van der Waals surface area contributed by atoms with Gasteiger partial charge in [-0.25, -0.2) is 4.79 Å². The molecular formula is C12H11NO4. The van der Waals surface area contributed by atoms with Gasteiger partial charge in [0.1, 0.15) is 0 Å². The first-order chi connectivity index (χ1) is 8.20. The summed E-state index contributed by atoms with van der Waals surface area (Å²) in [5.74, 6) is -0.147. The molecule has 0 spiro atoms. The van der Waals surface area contributed by atoms with Crippen molar-refractivity contribution >= 4 is 5.97 Å². The molecule has 0 aliphatic rings. The number of rotatable bonds is 3. The molecule has 17 heavy (non-hydrogen) atoms. The van der Waals surface area contributed by atoms with Crippen molar-refractivity contribution < 1.29 is 19.1 Å². The van der Waals surface area contributed by atoms with Crippen LogP contribution in [0.15, 0.2) is 35.1 Å². The number of nitrogens with zero attached hydrogens (tertiary/aromatic N) is 1. The van der Waals surface area contributed by atoms with Gasteiger partial charge in [-0.2, -0.15) is 0 Å². The lowest BCUT2D eigenvalue weighted by molar-refractivity contribution is 0.0699. The number of carbonyl (C=O) groups excluding carboxylic acids is 1. The van der Waals surface area contributed by atoms with Crippen LogP contribution in [0.5, 0.6) is 5.75 Å². The molecule has 0 radical (unpaired) electrons. The Hall–Kier alpha value is -2.14. The van der Waals surface area contributed by atoms with Gasteiger partial charge in [0.15, 0.2) is 5.75 Å². The molecule has 88 valence electrons. The van der Waals surface area contributed by atoms with E-state index in [9.17, 15) is 4.79 Å². The lowest BCUT2D eigenvalue weighted by atomic mass is 10.2. The Morgan fingerprint density at radius 1 is 1.59 bits per heavy atom. The molecule has 0 aromatic carbocycles. The van der Waals surface area contributed by atoms with E-state index in [1.807, 2.05) is 0 Å². The van der Waals surface area contributed by atoms with Crippen molar-refractivity contribution in [3.05, 3.63) is 47.7 Å². The van der Waals surface area contributed by atoms with Crippen LogP contribution in [0.4, 0.5) is 0 Å². The molecule has 2 rings (SSSR count). The number of ether oxygens (including phenoxy) is 1. The average molecular weight is 233 g/mol. The van der Waals surface area contributed by atoms with Crippen LogP contribution < -0.4 is 4.74 Å². The number of furan rings is 1. The van der Waals surface area contributed by atoms with Gasteiger partial charge in [0.05, 0.1) is 18.6 Å². The van der Waals surface area contributed by atoms with Crippen molar-refractivity contribution in [2.45, 2.75) is 13.5 Å². The molecule has 0 atom stereocenters. The highest BCUT2D eigenvalue weighted by atomic mass is 16.5. The van der Waals surface area contributed by atoms with Gasteiger partial charge in [0.2, 0.25) is 5.76 Å². The molecule has 5 nitrogen and oxygen atoms in total. The minimum absolute atomic E-state index is 0.124. The first kappa shape index (κ1) is 11.3. The van der Waals surface area contributed by atoms with Crippen molar-refractivity contribution in [1.29, 1.82) is 0 Å². The van der Waals surface area contributed by atoms with Gasteiger partial charge in [-0.3, -0.25) is 4.98 Å². The predicted molar refractivity (Wildman–Crippen MR) is 58.6 cm³/mol. The quantitative estimate of drug-likeness (QED) is 0.817. The van der Waals surface area contributed by atoms with E-state index in [1.165, 1.54) is 18.5 Å². The summed E-state index contributed by atoms with van der Waals surface area (Å²) in [6, 6.07) is 4.69. The van der Waals surface area contributed by atoms with Crippen molar-refractivity contribution in [1.82, 2.24) is 4.98 Å². The van der Waals surface area contributed by atoms with Crippen molar-refractivity contribution in [2.75, 3.05) is 0 Å². The van der Waals surface area contributed by atoms with Crippen LogP contribution in [0.1, 0.15) is 21.8 Å². The minimum atomic E-state index is -0.588. The highest BCUT2D eigenvalue weighted by Crippen LogP contribution is 2.18. The fourth-order valence-corrected chi connectivity index (χ4v) is 1.29. The summed E-state index contributed by atoms with van der Waals surface area (Å²) in [5.41, 5.74) is 1.15. The standard InChI is InChI=1S/C12H11NO4/c1-8-11(5-9(7-14)6-13-8)17-12(15)10-3-2-4-16-10/h2-6,14H,7H2,1H3. The van der Waals surface area contributed by atoms with Crippen LogP contribution in [-0.2, 0) is 6.61 Å². The number of aromatic nitrogens is 1. The Morgan fingerprint density at radius 2 is 2.41 bits per heavy atom. The molecule has 0 saturated carbocycles. The molecule has 2 aromatic heterocycles. The van der Waals surface area contributed by atoms with E-state index in [0.717, 1.165) is 0 Å². The molecule has 5 heteroatoms. The van der Waals surface area contributed by atoms with E-state index >= 15 is 0 Å². The molecule has 2 aromatic rings. The molecule has 0 fully saturated rings. The normalized spacial score (nSPS) is 10.2. The minimum Gasteiger partial charge on any atom is -0.457 e. The highest BCUT2D eigenvalue weighted by Gasteiger charge is 2.13. The monoisotopic (exact) mass is 233 g/mol. The Balaban J connectivity index is 2.21. The third-order valence-electron chi connectivity index (χ3n) is 2.20. The number of aliphatic hydroxyl groups excluding tert-OH is 1. The highest BCUT2D eigenvalue weighted by molar-refractivity contribution is 5.88. The fraction of sp³-hybridized carbons (Fsp3) is 0.167. The van der Waals surface area contributed by atoms with Crippen LogP contribution in [0, 0.1) is 6.92 Å². The molecule has 1 N–H and O–H groups in total. The van der Waals surface area contributed by atoms with E-state index < -0.39 is 5.97 Å². The van der Waals surface area contributed by atoms with Gasteiger partial charge in [-0.05, 0) is 30.7 Å². The molecule has 0 aliphatic heterocycles. The topological polar surface area (TPSA) is 72.6 Å². The fourth-order valence-electron chi connectivity index (χ4n) is 1.29. The second-order valence-electron chi connectivity index (χ2n) is 3.45. The van der Waals surface area contributed by atoms with Crippen LogP contribution >= 0.6 is 0 Å². The third-order valence-corrected chi connectivity index (χ3v) is 2.20. The molecule has 0 saturated heterocycles. The van der Waals surface area contributed by atoms with Crippen LogP contribution in [0.3, 0.4) is 0 Å². The summed E-state index contributed by atoms with van der Waals surface area (Å²) in [5, 5.41) is 8.97. The first-order valence-corrected chi connectivity index (χ1v) is 5.03. The van der Waals surface area contributed by atoms with Gasteiger partial charge in [-0.15, -0.1) is 0 Å². The van der Waals surface area contributed by atoms with E-state index in [-0.39, 0.29) is 12.4 Å². The molecule has 0 amide bonds. The van der Waals surface area contributed by atoms with Crippen LogP contribution in [0.2, 0.25) is 0 Å². The molecular weight excluding hydrogens is 222 g/mol. The van der Waals surface area contributed by atoms with E-state index in [0.29, 0.717) is 17.0 Å². The zero-order chi connectivity index (χ0) is 12.3. The maximum absolute atomic E-state index is 11.6. The number of esters is 1. The Kier molecular flexibility index (Phi) is 3.20. The maximum atomic E-state index is 11.6. The van der Waals surface area contributed by atoms with Gasteiger partial charge < -0.3 is 14.3 Å². The second kappa shape index (κ2) is 4.80. The summed E-state index contributed by atoms with van der Waals surface area (Å²) in [4.78, 5) is 15.6. The van der Waals surface area contributed by atoms with Gasteiger partial charge in [0.25, 0.3) is 0 Å². The number of hydrogen-bond donors (Lipinski definition) is 1. The Morgan fingerprint density at radius 3 is 3.06 bits per heavy atom. The first-order valence-electron chi connectivity index (χ1n) is 5.03. The number of carbonyl (C=O) groups is 1. The zero-order valence-corrected chi connectivity index (χ0v) is 9.21. The van der Waals surface area contributed by atoms with E-state index in [2.05, 4.69) is 4.98 Å². The van der Waals surface area contributed by atoms with Crippen molar-refractivity contribution in [3.63, 3.8) is 0 Å². The van der Waals surface area contributed by atoms with Gasteiger partial charge in [0, 0.05) is 6.20 Å². The van der Waals surface area contributed by atoms with Crippen LogP contribution in [0.25, 0.3) is 0 Å². The van der Waals surface area contributed by atoms with Gasteiger partial charge in [-0.1, -0.05) is 0 Å². The Bertz CT molecular complexity index is 519. The summed E-state index contributed by atoms with van der Waals surface area (Å²) >= 11 is 0. The third kappa shape index (κ3) is 2.51. The maximum Gasteiger partial charge on any atom is 0.379 e. The summed E-state index contributed by atoms with van der Waals surface area (Å²) in [6.45, 7) is 1.56. The lowest BCUT2D eigenvalue weighted by Crippen LogP contribution is -2.09. The molecule has 0 unspecified atom stereocenters. The number of pyridine rings is 1. The average Bonchev–Trinajstić information content (AvgIpc) is 2.85. The van der Waals surface area contributed by atoms with Crippen LogP contribution in [-0.4, -0.2) is 16.1 Å². The number of hydrogen-bond acceptors (Lipinski definition) is 5. The largest absolute Gasteiger partial charge is 0.457 e. The second-order valence-corrected chi connectivity index (χ2v) is 3.45. The Labute approximate surface area is 97.7 Å². The lowest BCUT2D eigenvalue weighted by Gasteiger charge is -2.06. The molecule has 2 heterocycles. The van der Waals surface area contributed by atoms with Crippen molar-refractivity contribution in [3.8, 4) is 5.75 Å². The van der Waals surface area contributed by atoms with E-state index in [1.54, 1.807) is 19.1 Å². The molecule has 0 aliphatic carbocycles. The summed E-state index contributed by atoms with van der Waals surface area (Å²) < 4.78 is 10.0. The smallest absolute Gasteiger partial charge is 0.379 e. The number of aryl methyl sites for hydroxylation is 1. The molecule has 0 bridgehead atoms. The zero-order valence-electron chi connectivity index (χ0n) is 9.21. The predicted octanol–water partition coefficient (Wildman–Crippen LogP) is 1.69. The summed E-state index contributed by atoms with van der Waals surface area (Å²) in [7, 11) is 0. The number of aliphatic hydroxyl groups is 1. The van der Waals surface area contributed by atoms with E-state index in [4.69, 9.17) is 14.3 Å². The SMILES string of the molecule is Cc1ncc(CO)cc1OC(=O)c1ccco1. The van der Waals surface area contributed by atoms with Crippen molar-refractivity contribution in [2.24, 2.45) is 0 Å².